The van der Waals surface area contributed by atoms with Crippen LogP contribution in [0.3, 0.4) is 0 Å². The average molecular weight is 165 g/mol. The molecule has 0 aromatic heterocycles. The van der Waals surface area contributed by atoms with Crippen LogP contribution in [0.25, 0.3) is 0 Å². The molecule has 2 heteroatoms. The molecule has 0 spiro atoms. The van der Waals surface area contributed by atoms with Crippen LogP contribution in [0.4, 0.5) is 5.69 Å². The summed E-state index contributed by atoms with van der Waals surface area (Å²) in [5.74, 6) is 0. The molecule has 1 aromatic carbocycles. The summed E-state index contributed by atoms with van der Waals surface area (Å²) in [6.45, 7) is 3.33. The number of nitrogens with zero attached hydrogens (tertiary/aromatic N) is 1. The topological polar surface area (TPSA) is 0 Å². The van der Waals surface area contributed by atoms with Gasteiger partial charge in [-0.1, -0.05) is 26.6 Å². The number of quaternary nitrogens is 1. The van der Waals surface area contributed by atoms with E-state index in [1.165, 1.54) is 5.69 Å². The van der Waals surface area contributed by atoms with Gasteiger partial charge in [-0.25, -0.2) is 0 Å². The van der Waals surface area contributed by atoms with Crippen molar-refractivity contribution in [3.63, 3.8) is 0 Å². The van der Waals surface area contributed by atoms with Crippen LogP contribution >= 0.6 is 0 Å². The Hall–Kier alpha value is -0.755. The maximum atomic E-state index is 2.22. The van der Waals surface area contributed by atoms with Gasteiger partial charge in [-0.05, 0) is 19.1 Å². The van der Waals surface area contributed by atoms with Gasteiger partial charge in [0.15, 0.2) is 0 Å². The number of hydrogen-bond acceptors (Lipinski definition) is 0. The molecule has 68 valence electrons. The van der Waals surface area contributed by atoms with Crippen molar-refractivity contribution in [3.05, 3.63) is 30.3 Å². The lowest BCUT2D eigenvalue weighted by atomic mass is 10.2. The van der Waals surface area contributed by atoms with E-state index >= 15 is 0 Å². The number of hydrogen-bond donors (Lipinski definition) is 0. The fourth-order valence-corrected chi connectivity index (χ4v) is 1.01. The van der Waals surface area contributed by atoms with E-state index in [4.69, 9.17) is 0 Å². The van der Waals surface area contributed by atoms with Gasteiger partial charge in [-0.3, -0.25) is 4.48 Å². The SMILES string of the molecule is CC[N+](C)(C)c1ccccc1.[BH4-]. The van der Waals surface area contributed by atoms with Crippen molar-refractivity contribution in [1.82, 2.24) is 4.48 Å². The Morgan fingerprint density at radius 3 is 2.00 bits per heavy atom. The molecule has 0 unspecified atom stereocenters. The van der Waals surface area contributed by atoms with Crippen LogP contribution in [-0.2, 0) is 0 Å². The van der Waals surface area contributed by atoms with E-state index in [0.717, 1.165) is 11.0 Å². The highest BCUT2D eigenvalue weighted by Gasteiger charge is 2.13. The second-order valence-electron chi connectivity index (χ2n) is 3.34. The van der Waals surface area contributed by atoms with E-state index in [1.807, 2.05) is 0 Å². The summed E-state index contributed by atoms with van der Waals surface area (Å²) in [5, 5.41) is 0. The summed E-state index contributed by atoms with van der Waals surface area (Å²) >= 11 is 0. The summed E-state index contributed by atoms with van der Waals surface area (Å²) in [4.78, 5) is 0. The normalized spacial score (nSPS) is 10.6. The first-order valence-electron chi connectivity index (χ1n) is 4.05. The molecule has 0 bridgehead atoms. The van der Waals surface area contributed by atoms with Gasteiger partial charge in [0.2, 0.25) is 0 Å². The number of para-hydroxylation sites is 1. The predicted octanol–water partition coefficient (Wildman–Crippen LogP) is 0.822. The van der Waals surface area contributed by atoms with Crippen LogP contribution in [-0.4, -0.2) is 29.1 Å². The summed E-state index contributed by atoms with van der Waals surface area (Å²) in [6.07, 6.45) is 0. The molecular weight excluding hydrogens is 145 g/mol. The Morgan fingerprint density at radius 2 is 1.58 bits per heavy atom. The minimum absolute atomic E-state index is 0. The minimum Gasteiger partial charge on any atom is -0.296 e. The molecule has 12 heavy (non-hydrogen) atoms. The first-order valence-corrected chi connectivity index (χ1v) is 4.05. The second kappa shape index (κ2) is 4.32. The highest BCUT2D eigenvalue weighted by atomic mass is 15.3. The molecule has 1 rings (SSSR count). The van der Waals surface area contributed by atoms with Crippen LogP contribution < -0.4 is 4.48 Å². The van der Waals surface area contributed by atoms with Crippen molar-refractivity contribution < 1.29 is 0 Å². The molecule has 0 saturated carbocycles. The van der Waals surface area contributed by atoms with Crippen LogP contribution in [0.5, 0.6) is 0 Å². The Morgan fingerprint density at radius 1 is 1.08 bits per heavy atom. The average Bonchev–Trinajstić information content (AvgIpc) is 2.06. The molecule has 0 amide bonds. The van der Waals surface area contributed by atoms with Crippen LogP contribution in [0.1, 0.15) is 6.92 Å². The van der Waals surface area contributed by atoms with Crippen LogP contribution in [0, 0.1) is 0 Å². The molecule has 1 nitrogen and oxygen atoms in total. The van der Waals surface area contributed by atoms with Crippen molar-refractivity contribution in [2.45, 2.75) is 6.92 Å². The van der Waals surface area contributed by atoms with Gasteiger partial charge < -0.3 is 0 Å². The highest BCUT2D eigenvalue weighted by Crippen LogP contribution is 2.16. The lowest BCUT2D eigenvalue weighted by molar-refractivity contribution is 0.421. The highest BCUT2D eigenvalue weighted by molar-refractivity contribution is 5.75. The summed E-state index contributed by atoms with van der Waals surface area (Å²) in [5.41, 5.74) is 1.37. The van der Waals surface area contributed by atoms with Crippen LogP contribution in [0.2, 0.25) is 0 Å². The molecule has 0 heterocycles. The zero-order valence-corrected chi connectivity index (χ0v) is 7.54. The lowest BCUT2D eigenvalue weighted by Gasteiger charge is -2.27. The molecule has 0 aliphatic rings. The quantitative estimate of drug-likeness (QED) is 0.449. The third-order valence-corrected chi connectivity index (χ3v) is 2.25. The Bertz CT molecular complexity index is 219. The summed E-state index contributed by atoms with van der Waals surface area (Å²) in [6, 6.07) is 10.6. The van der Waals surface area contributed by atoms with Crippen molar-refractivity contribution in [1.29, 1.82) is 0 Å². The molecule has 0 N–H and O–H groups in total. The standard InChI is InChI=1S/C10H16N.BH4/c1-4-11(2,3)10-8-6-5-7-9-10;/h5-9H,4H2,1-3H3;1H4/q+1;-1. The smallest absolute Gasteiger partial charge is 0.132 e. The molecule has 0 fully saturated rings. The van der Waals surface area contributed by atoms with Crippen molar-refractivity contribution >= 4 is 14.1 Å². The minimum atomic E-state index is 0. The maximum Gasteiger partial charge on any atom is 0.132 e. The summed E-state index contributed by atoms with van der Waals surface area (Å²) < 4.78 is 0.959. The maximum absolute atomic E-state index is 2.22. The molecule has 1 aromatic rings. The number of benzene rings is 1. The summed E-state index contributed by atoms with van der Waals surface area (Å²) in [7, 11) is 4.44. The Balaban J connectivity index is 0.00000121. The molecular formula is C10H20BN. The zero-order valence-electron chi connectivity index (χ0n) is 7.54. The van der Waals surface area contributed by atoms with E-state index in [1.54, 1.807) is 0 Å². The second-order valence-corrected chi connectivity index (χ2v) is 3.34. The molecule has 0 aliphatic heterocycles. The largest absolute Gasteiger partial charge is 0.296 e. The lowest BCUT2D eigenvalue weighted by Crippen LogP contribution is -2.39. The van der Waals surface area contributed by atoms with Gasteiger partial charge in [-0.2, -0.15) is 0 Å². The Labute approximate surface area is 77.2 Å². The third-order valence-electron chi connectivity index (χ3n) is 2.25. The monoisotopic (exact) mass is 165 g/mol. The predicted molar refractivity (Wildman–Crippen MR) is 62.0 cm³/mol. The molecule has 0 saturated heterocycles. The first kappa shape index (κ1) is 11.2. The van der Waals surface area contributed by atoms with Gasteiger partial charge in [0.1, 0.15) is 5.69 Å². The van der Waals surface area contributed by atoms with Crippen molar-refractivity contribution in [2.75, 3.05) is 20.6 Å². The molecule has 0 aliphatic carbocycles. The van der Waals surface area contributed by atoms with Gasteiger partial charge >= 0.3 is 0 Å². The van der Waals surface area contributed by atoms with Gasteiger partial charge in [0, 0.05) is 0 Å². The van der Waals surface area contributed by atoms with Gasteiger partial charge in [0.05, 0.1) is 20.6 Å². The zero-order chi connectivity index (χ0) is 8.32. The van der Waals surface area contributed by atoms with E-state index < -0.39 is 0 Å². The van der Waals surface area contributed by atoms with Gasteiger partial charge in [-0.15, -0.1) is 0 Å². The van der Waals surface area contributed by atoms with E-state index in [9.17, 15) is 0 Å². The van der Waals surface area contributed by atoms with Gasteiger partial charge in [0.25, 0.3) is 0 Å². The van der Waals surface area contributed by atoms with Crippen molar-refractivity contribution in [2.24, 2.45) is 0 Å². The first-order chi connectivity index (χ1) is 5.17. The van der Waals surface area contributed by atoms with E-state index in [0.29, 0.717) is 0 Å². The number of rotatable bonds is 2. The molecule has 0 atom stereocenters. The fourth-order valence-electron chi connectivity index (χ4n) is 1.01. The van der Waals surface area contributed by atoms with Crippen molar-refractivity contribution in [3.8, 4) is 0 Å². The fraction of sp³-hybridized carbons (Fsp3) is 0.400. The van der Waals surface area contributed by atoms with E-state index in [-0.39, 0.29) is 8.41 Å². The molecule has 0 radical (unpaired) electrons. The Kier molecular flexibility index (Phi) is 4.04. The van der Waals surface area contributed by atoms with E-state index in [2.05, 4.69) is 51.4 Å². The van der Waals surface area contributed by atoms with Crippen LogP contribution in [0.15, 0.2) is 30.3 Å². The third kappa shape index (κ3) is 2.38.